The molecule has 1 heterocycles. The first kappa shape index (κ1) is 14.3. The molecular formula is C10H8F5NO2. The predicted octanol–water partition coefficient (Wildman–Crippen LogP) is 2.97. The van der Waals surface area contributed by atoms with Crippen LogP contribution < -0.4 is 0 Å². The van der Waals surface area contributed by atoms with Crippen molar-refractivity contribution in [2.24, 2.45) is 0 Å². The van der Waals surface area contributed by atoms with Crippen LogP contribution in [-0.2, 0) is 17.4 Å². The fourth-order valence-corrected chi connectivity index (χ4v) is 1.55. The van der Waals surface area contributed by atoms with Crippen LogP contribution in [0, 0.1) is 6.92 Å². The Labute approximate surface area is 98.3 Å². The molecule has 0 aromatic carbocycles. The molecule has 1 N–H and O–H groups in total. The number of aromatic nitrogens is 1. The van der Waals surface area contributed by atoms with Crippen LogP contribution in [-0.4, -0.2) is 16.1 Å². The summed E-state index contributed by atoms with van der Waals surface area (Å²) >= 11 is 0. The van der Waals surface area contributed by atoms with Gasteiger partial charge in [-0.1, -0.05) is 0 Å². The fraction of sp³-hybridized carbons (Fsp3) is 0.400. The summed E-state index contributed by atoms with van der Waals surface area (Å²) in [6.07, 6.45) is -9.01. The van der Waals surface area contributed by atoms with Crippen molar-refractivity contribution in [3.63, 3.8) is 0 Å². The highest BCUT2D eigenvalue weighted by Crippen LogP contribution is 2.38. The van der Waals surface area contributed by atoms with E-state index in [0.29, 0.717) is 6.07 Å². The molecule has 1 rings (SSSR count). The maximum Gasteiger partial charge on any atom is 0.418 e. The lowest BCUT2D eigenvalue weighted by atomic mass is 10.0. The highest BCUT2D eigenvalue weighted by molar-refractivity contribution is 5.69. The molecule has 0 amide bonds. The Morgan fingerprint density at radius 2 is 2.00 bits per heavy atom. The average Bonchev–Trinajstić information content (AvgIpc) is 2.12. The predicted molar refractivity (Wildman–Crippen MR) is 50.3 cm³/mol. The van der Waals surface area contributed by atoms with Crippen LogP contribution in [0.2, 0.25) is 0 Å². The molecule has 0 aliphatic heterocycles. The average molecular weight is 269 g/mol. The Hall–Kier alpha value is -1.73. The topological polar surface area (TPSA) is 50.2 Å². The summed E-state index contributed by atoms with van der Waals surface area (Å²) in [5.74, 6) is -1.36. The molecule has 0 fully saturated rings. The molecule has 100 valence electrons. The number of aliphatic carboxylic acids is 1. The first-order chi connectivity index (χ1) is 8.12. The number of hydrogen-bond acceptors (Lipinski definition) is 2. The van der Waals surface area contributed by atoms with Crippen molar-refractivity contribution in [3.8, 4) is 0 Å². The number of hydrogen-bond donors (Lipinski definition) is 1. The van der Waals surface area contributed by atoms with E-state index in [4.69, 9.17) is 5.11 Å². The molecule has 0 atom stereocenters. The second kappa shape index (κ2) is 4.87. The van der Waals surface area contributed by atoms with Crippen molar-refractivity contribution in [1.82, 2.24) is 4.98 Å². The number of pyridine rings is 1. The summed E-state index contributed by atoms with van der Waals surface area (Å²) in [6, 6.07) is 0.481. The monoisotopic (exact) mass is 269 g/mol. The highest BCUT2D eigenvalue weighted by atomic mass is 19.4. The molecule has 1 aromatic rings. The first-order valence-corrected chi connectivity index (χ1v) is 4.70. The van der Waals surface area contributed by atoms with Crippen molar-refractivity contribution in [2.75, 3.05) is 0 Å². The Morgan fingerprint density at radius 1 is 1.44 bits per heavy atom. The smallest absolute Gasteiger partial charge is 0.418 e. The molecule has 18 heavy (non-hydrogen) atoms. The van der Waals surface area contributed by atoms with Crippen LogP contribution in [0.5, 0.6) is 0 Å². The molecule has 8 heteroatoms. The van der Waals surface area contributed by atoms with Crippen molar-refractivity contribution < 1.29 is 31.9 Å². The summed E-state index contributed by atoms with van der Waals surface area (Å²) in [4.78, 5) is 13.8. The van der Waals surface area contributed by atoms with E-state index in [-0.39, 0.29) is 5.69 Å². The van der Waals surface area contributed by atoms with E-state index < -0.39 is 41.8 Å². The largest absolute Gasteiger partial charge is 0.481 e. The zero-order valence-electron chi connectivity index (χ0n) is 9.05. The van der Waals surface area contributed by atoms with E-state index in [9.17, 15) is 26.7 Å². The molecule has 0 unspecified atom stereocenters. The summed E-state index contributed by atoms with van der Waals surface area (Å²) in [6.45, 7) is 0.917. The van der Waals surface area contributed by atoms with Gasteiger partial charge in [0.1, 0.15) is 0 Å². The minimum absolute atomic E-state index is 0.330. The molecule has 0 saturated heterocycles. The van der Waals surface area contributed by atoms with Gasteiger partial charge in [0.2, 0.25) is 0 Å². The maximum absolute atomic E-state index is 12.6. The number of carboxylic acid groups (broad SMARTS) is 1. The quantitative estimate of drug-likeness (QED) is 0.858. The first-order valence-electron chi connectivity index (χ1n) is 4.70. The van der Waals surface area contributed by atoms with E-state index in [1.54, 1.807) is 0 Å². The van der Waals surface area contributed by atoms with Crippen molar-refractivity contribution in [2.45, 2.75) is 25.9 Å². The van der Waals surface area contributed by atoms with Gasteiger partial charge in [-0.05, 0) is 13.0 Å². The zero-order valence-corrected chi connectivity index (χ0v) is 9.05. The van der Waals surface area contributed by atoms with Crippen molar-refractivity contribution in [3.05, 3.63) is 28.6 Å². The van der Waals surface area contributed by atoms with E-state index in [2.05, 4.69) is 4.98 Å². The Kier molecular flexibility index (Phi) is 3.88. The van der Waals surface area contributed by atoms with Crippen molar-refractivity contribution in [1.29, 1.82) is 0 Å². The number of carboxylic acids is 1. The molecule has 0 saturated carbocycles. The summed E-state index contributed by atoms with van der Waals surface area (Å²) in [5.41, 5.74) is -3.74. The van der Waals surface area contributed by atoms with Gasteiger partial charge in [0.15, 0.2) is 0 Å². The summed E-state index contributed by atoms with van der Waals surface area (Å²) < 4.78 is 62.9. The Balaban J connectivity index is 3.41. The summed E-state index contributed by atoms with van der Waals surface area (Å²) in [5, 5.41) is 8.47. The second-order valence-corrected chi connectivity index (χ2v) is 3.53. The lowest BCUT2D eigenvalue weighted by Crippen LogP contribution is -2.15. The third-order valence-corrected chi connectivity index (χ3v) is 2.13. The van der Waals surface area contributed by atoms with Gasteiger partial charge < -0.3 is 5.11 Å². The number of alkyl halides is 5. The van der Waals surface area contributed by atoms with Crippen LogP contribution in [0.25, 0.3) is 0 Å². The normalized spacial score (nSPS) is 11.9. The van der Waals surface area contributed by atoms with Crippen LogP contribution >= 0.6 is 0 Å². The fourth-order valence-electron chi connectivity index (χ4n) is 1.55. The van der Waals surface area contributed by atoms with Gasteiger partial charge in [-0.2, -0.15) is 13.2 Å². The van der Waals surface area contributed by atoms with Gasteiger partial charge in [0.25, 0.3) is 6.43 Å². The van der Waals surface area contributed by atoms with Crippen LogP contribution in [0.1, 0.15) is 28.9 Å². The van der Waals surface area contributed by atoms with Gasteiger partial charge in [-0.15, -0.1) is 0 Å². The summed E-state index contributed by atoms with van der Waals surface area (Å²) in [7, 11) is 0. The molecule has 0 radical (unpaired) electrons. The molecule has 1 aromatic heterocycles. The lowest BCUT2D eigenvalue weighted by Gasteiger charge is -2.15. The second-order valence-electron chi connectivity index (χ2n) is 3.53. The van der Waals surface area contributed by atoms with E-state index in [1.807, 2.05) is 0 Å². The van der Waals surface area contributed by atoms with Crippen LogP contribution in [0.15, 0.2) is 6.07 Å². The van der Waals surface area contributed by atoms with Crippen LogP contribution in [0.4, 0.5) is 22.0 Å². The third kappa shape index (κ3) is 3.14. The van der Waals surface area contributed by atoms with Gasteiger partial charge in [-0.3, -0.25) is 9.78 Å². The molecule has 0 aliphatic carbocycles. The maximum atomic E-state index is 12.6. The molecule has 3 nitrogen and oxygen atoms in total. The molecule has 0 aliphatic rings. The number of carbonyl (C=O) groups is 1. The van der Waals surface area contributed by atoms with Gasteiger partial charge >= 0.3 is 12.1 Å². The number of halogens is 5. The number of aryl methyl sites for hydroxylation is 1. The molecular weight excluding hydrogens is 261 g/mol. The Bertz CT molecular complexity index is 470. The highest BCUT2D eigenvalue weighted by Gasteiger charge is 2.38. The van der Waals surface area contributed by atoms with E-state index >= 15 is 0 Å². The SMILES string of the molecule is Cc1nc(CC(=O)O)cc(C(F)F)c1C(F)(F)F. The Morgan fingerprint density at radius 3 is 2.39 bits per heavy atom. The standard InChI is InChI=1S/C10H8F5NO2/c1-4-8(10(13,14)15)6(9(11)12)2-5(16-4)3-7(17)18/h2,9H,3H2,1H3,(H,17,18). The third-order valence-electron chi connectivity index (χ3n) is 2.13. The molecule has 0 spiro atoms. The van der Waals surface area contributed by atoms with E-state index in [0.717, 1.165) is 6.92 Å². The van der Waals surface area contributed by atoms with Gasteiger partial charge in [0, 0.05) is 5.56 Å². The minimum atomic E-state index is -4.95. The zero-order chi connectivity index (χ0) is 14.1. The van der Waals surface area contributed by atoms with Gasteiger partial charge in [0.05, 0.1) is 23.4 Å². The molecule has 0 bridgehead atoms. The number of rotatable bonds is 3. The van der Waals surface area contributed by atoms with E-state index in [1.165, 1.54) is 0 Å². The van der Waals surface area contributed by atoms with Crippen molar-refractivity contribution >= 4 is 5.97 Å². The number of nitrogens with zero attached hydrogens (tertiary/aromatic N) is 1. The van der Waals surface area contributed by atoms with Crippen LogP contribution in [0.3, 0.4) is 0 Å². The minimum Gasteiger partial charge on any atom is -0.481 e. The van der Waals surface area contributed by atoms with Gasteiger partial charge in [-0.25, -0.2) is 8.78 Å². The lowest BCUT2D eigenvalue weighted by molar-refractivity contribution is -0.140.